The monoisotopic (exact) mass is 285 g/mol. The summed E-state index contributed by atoms with van der Waals surface area (Å²) in [4.78, 5) is 0. The molecule has 2 aromatic rings. The van der Waals surface area contributed by atoms with Crippen molar-refractivity contribution in [2.75, 3.05) is 7.11 Å². The number of fused-ring (bicyclic) bond motifs is 1. The second kappa shape index (κ2) is 5.30. The molecule has 0 fully saturated rings. The topological polar surface area (TPSA) is 64.7 Å². The fraction of sp³-hybridized carbons (Fsp3) is 0.294. The number of methoxy groups -OCH3 is 1. The highest BCUT2D eigenvalue weighted by Crippen LogP contribution is 2.41. The van der Waals surface area contributed by atoms with E-state index in [1.807, 2.05) is 25.1 Å². The van der Waals surface area contributed by atoms with Gasteiger partial charge >= 0.3 is 0 Å². The normalized spacial score (nSPS) is 20.5. The zero-order chi connectivity index (χ0) is 15.0. The van der Waals surface area contributed by atoms with Crippen LogP contribution in [-0.4, -0.2) is 12.2 Å². The molecule has 4 nitrogen and oxygen atoms in total. The number of rotatable bonds is 2. The summed E-state index contributed by atoms with van der Waals surface area (Å²) < 4.78 is 11.1. The fourth-order valence-electron chi connectivity index (χ4n) is 2.74. The van der Waals surface area contributed by atoms with Gasteiger partial charge in [-0.1, -0.05) is 23.8 Å². The molecule has 0 radical (unpaired) electrons. The van der Waals surface area contributed by atoms with E-state index < -0.39 is 0 Å². The molecule has 1 heterocycles. The van der Waals surface area contributed by atoms with Crippen LogP contribution in [0.15, 0.2) is 36.4 Å². The molecule has 2 aromatic carbocycles. The summed E-state index contributed by atoms with van der Waals surface area (Å²) in [5, 5.41) is 9.91. The standard InChI is InChI=1S/C17H19NO3/c1-10-3-5-15-12(7-10)13(18)9-17(21-15)11-4-6-16(20-2)14(19)8-11/h3-8,13,17,19H,9,18H2,1-2H3/t13-,17?/m1/s1. The predicted molar refractivity (Wildman–Crippen MR) is 80.8 cm³/mol. The molecule has 0 aromatic heterocycles. The predicted octanol–water partition coefficient (Wildman–Crippen LogP) is 3.23. The van der Waals surface area contributed by atoms with Gasteiger partial charge in [0.25, 0.3) is 0 Å². The molecule has 2 atom stereocenters. The smallest absolute Gasteiger partial charge is 0.160 e. The highest BCUT2D eigenvalue weighted by molar-refractivity contribution is 5.45. The summed E-state index contributed by atoms with van der Waals surface area (Å²) in [7, 11) is 1.53. The molecule has 21 heavy (non-hydrogen) atoms. The fourth-order valence-corrected chi connectivity index (χ4v) is 2.74. The number of phenolic OH excluding ortho intramolecular Hbond substituents is 1. The molecule has 1 aliphatic heterocycles. The van der Waals surface area contributed by atoms with Crippen molar-refractivity contribution >= 4 is 0 Å². The summed E-state index contributed by atoms with van der Waals surface area (Å²) in [5.41, 5.74) is 9.39. The third-order valence-electron chi connectivity index (χ3n) is 3.88. The molecular formula is C17H19NO3. The van der Waals surface area contributed by atoms with Crippen LogP contribution in [0.3, 0.4) is 0 Å². The average molecular weight is 285 g/mol. The Hall–Kier alpha value is -2.20. The van der Waals surface area contributed by atoms with Gasteiger partial charge < -0.3 is 20.3 Å². The van der Waals surface area contributed by atoms with Crippen LogP contribution in [0.4, 0.5) is 0 Å². The van der Waals surface area contributed by atoms with Crippen LogP contribution >= 0.6 is 0 Å². The van der Waals surface area contributed by atoms with Crippen molar-refractivity contribution in [2.45, 2.75) is 25.5 Å². The molecule has 1 aliphatic rings. The second-order valence-electron chi connectivity index (χ2n) is 5.42. The number of aromatic hydroxyl groups is 1. The van der Waals surface area contributed by atoms with Crippen molar-refractivity contribution in [3.8, 4) is 17.2 Å². The van der Waals surface area contributed by atoms with Gasteiger partial charge in [0.05, 0.1) is 7.11 Å². The molecule has 0 spiro atoms. The van der Waals surface area contributed by atoms with Crippen LogP contribution in [0.2, 0.25) is 0 Å². The van der Waals surface area contributed by atoms with Crippen LogP contribution in [0.1, 0.15) is 35.3 Å². The summed E-state index contributed by atoms with van der Waals surface area (Å²) in [6, 6.07) is 11.3. The van der Waals surface area contributed by atoms with E-state index in [9.17, 15) is 5.11 Å². The van der Waals surface area contributed by atoms with E-state index in [0.717, 1.165) is 16.9 Å². The van der Waals surface area contributed by atoms with Crippen LogP contribution in [0, 0.1) is 6.92 Å². The number of benzene rings is 2. The molecule has 0 amide bonds. The molecule has 3 rings (SSSR count). The van der Waals surface area contributed by atoms with Gasteiger partial charge in [0, 0.05) is 18.0 Å². The van der Waals surface area contributed by atoms with Crippen molar-refractivity contribution in [1.29, 1.82) is 0 Å². The molecule has 0 aliphatic carbocycles. The van der Waals surface area contributed by atoms with E-state index in [1.165, 1.54) is 12.7 Å². The second-order valence-corrected chi connectivity index (χ2v) is 5.42. The van der Waals surface area contributed by atoms with E-state index in [-0.39, 0.29) is 17.9 Å². The number of hydrogen-bond donors (Lipinski definition) is 2. The van der Waals surface area contributed by atoms with Gasteiger partial charge in [0.15, 0.2) is 11.5 Å². The highest BCUT2D eigenvalue weighted by atomic mass is 16.5. The van der Waals surface area contributed by atoms with E-state index >= 15 is 0 Å². The highest BCUT2D eigenvalue weighted by Gasteiger charge is 2.27. The van der Waals surface area contributed by atoms with Crippen LogP contribution in [-0.2, 0) is 0 Å². The Morgan fingerprint density at radius 1 is 1.24 bits per heavy atom. The Morgan fingerprint density at radius 3 is 2.76 bits per heavy atom. The lowest BCUT2D eigenvalue weighted by molar-refractivity contribution is 0.161. The summed E-state index contributed by atoms with van der Waals surface area (Å²) in [5.74, 6) is 1.39. The molecule has 1 unspecified atom stereocenters. The van der Waals surface area contributed by atoms with Crippen LogP contribution < -0.4 is 15.2 Å². The lowest BCUT2D eigenvalue weighted by Crippen LogP contribution is -2.24. The van der Waals surface area contributed by atoms with E-state index in [2.05, 4.69) is 6.07 Å². The van der Waals surface area contributed by atoms with Crippen LogP contribution in [0.25, 0.3) is 0 Å². The molecule has 0 bridgehead atoms. The van der Waals surface area contributed by atoms with Crippen molar-refractivity contribution in [1.82, 2.24) is 0 Å². The lowest BCUT2D eigenvalue weighted by Gasteiger charge is -2.31. The van der Waals surface area contributed by atoms with Crippen LogP contribution in [0.5, 0.6) is 17.2 Å². The van der Waals surface area contributed by atoms with Gasteiger partial charge in [-0.15, -0.1) is 0 Å². The Morgan fingerprint density at radius 2 is 2.05 bits per heavy atom. The first-order valence-corrected chi connectivity index (χ1v) is 6.98. The number of phenols is 1. The number of hydrogen-bond acceptors (Lipinski definition) is 4. The van der Waals surface area contributed by atoms with Gasteiger partial charge in [-0.3, -0.25) is 0 Å². The van der Waals surface area contributed by atoms with Crippen molar-refractivity contribution < 1.29 is 14.6 Å². The largest absolute Gasteiger partial charge is 0.504 e. The van der Waals surface area contributed by atoms with Gasteiger partial charge in [0.2, 0.25) is 0 Å². The van der Waals surface area contributed by atoms with Gasteiger partial charge in [0.1, 0.15) is 11.9 Å². The average Bonchev–Trinajstić information content (AvgIpc) is 2.47. The Labute approximate surface area is 124 Å². The third kappa shape index (κ3) is 2.54. The molecule has 3 N–H and O–H groups in total. The minimum absolute atomic E-state index is 0.0668. The van der Waals surface area contributed by atoms with Gasteiger partial charge in [-0.2, -0.15) is 0 Å². The Balaban J connectivity index is 1.92. The third-order valence-corrected chi connectivity index (χ3v) is 3.88. The van der Waals surface area contributed by atoms with Crippen molar-refractivity contribution in [3.63, 3.8) is 0 Å². The SMILES string of the molecule is COc1ccc(C2C[C@@H](N)c3cc(C)ccc3O2)cc1O. The molecule has 4 heteroatoms. The molecule has 0 saturated carbocycles. The van der Waals surface area contributed by atoms with E-state index in [4.69, 9.17) is 15.2 Å². The zero-order valence-electron chi connectivity index (χ0n) is 12.2. The first-order chi connectivity index (χ1) is 10.1. The van der Waals surface area contributed by atoms with Crippen molar-refractivity contribution in [2.24, 2.45) is 5.73 Å². The number of nitrogens with two attached hydrogens (primary N) is 1. The molecule has 0 saturated heterocycles. The summed E-state index contributed by atoms with van der Waals surface area (Å²) in [6.07, 6.45) is 0.523. The minimum Gasteiger partial charge on any atom is -0.504 e. The van der Waals surface area contributed by atoms with Crippen molar-refractivity contribution in [3.05, 3.63) is 53.1 Å². The quantitative estimate of drug-likeness (QED) is 0.889. The first kappa shape index (κ1) is 13.8. The summed E-state index contributed by atoms with van der Waals surface area (Å²) >= 11 is 0. The maximum absolute atomic E-state index is 9.91. The van der Waals surface area contributed by atoms with E-state index in [1.54, 1.807) is 12.1 Å². The Kier molecular flexibility index (Phi) is 3.47. The Bertz CT molecular complexity index is 669. The maximum atomic E-state index is 9.91. The van der Waals surface area contributed by atoms with E-state index in [0.29, 0.717) is 12.2 Å². The molecule has 110 valence electrons. The number of aryl methyl sites for hydroxylation is 1. The van der Waals surface area contributed by atoms with Gasteiger partial charge in [-0.25, -0.2) is 0 Å². The van der Waals surface area contributed by atoms with Gasteiger partial charge in [-0.05, 0) is 30.7 Å². The first-order valence-electron chi connectivity index (χ1n) is 6.98. The minimum atomic E-state index is -0.160. The molecular weight excluding hydrogens is 266 g/mol. The lowest BCUT2D eigenvalue weighted by atomic mass is 9.92. The summed E-state index contributed by atoms with van der Waals surface area (Å²) in [6.45, 7) is 2.04. The maximum Gasteiger partial charge on any atom is 0.160 e. The zero-order valence-corrected chi connectivity index (χ0v) is 12.2. The number of ether oxygens (including phenoxy) is 2.